The summed E-state index contributed by atoms with van der Waals surface area (Å²) in [7, 11) is -5.95. The number of halogens is 3. The van der Waals surface area contributed by atoms with Crippen molar-refractivity contribution in [2.45, 2.75) is 51.0 Å². The molecule has 2 heterocycles. The average molecular weight is 462 g/mol. The van der Waals surface area contributed by atoms with Crippen LogP contribution in [0.25, 0.3) is 0 Å². The predicted octanol–water partition coefficient (Wildman–Crippen LogP) is 2.90. The third kappa shape index (κ3) is 4.94. The van der Waals surface area contributed by atoms with E-state index in [1.54, 1.807) is 20.8 Å². The summed E-state index contributed by atoms with van der Waals surface area (Å²) in [6.45, 7) is 4.56. The Morgan fingerprint density at radius 3 is 2.06 bits per heavy atom. The fraction of sp³-hybridized carbons (Fsp3) is 0.474. The Labute approximate surface area is 177 Å². The van der Waals surface area contributed by atoms with Gasteiger partial charge in [-0.2, -0.15) is 21.6 Å². The van der Waals surface area contributed by atoms with E-state index < -0.39 is 51.6 Å². The zero-order chi connectivity index (χ0) is 23.2. The minimum absolute atomic E-state index is 0.249. The van der Waals surface area contributed by atoms with Crippen LogP contribution in [0.1, 0.15) is 31.9 Å². The van der Waals surface area contributed by atoms with Crippen molar-refractivity contribution in [3.63, 3.8) is 0 Å². The quantitative estimate of drug-likeness (QED) is 0.507. The lowest BCUT2D eigenvalue weighted by atomic mass is 10.1. The van der Waals surface area contributed by atoms with Crippen molar-refractivity contribution in [1.29, 1.82) is 0 Å². The molecule has 2 aliphatic heterocycles. The molecule has 12 heteroatoms. The van der Waals surface area contributed by atoms with Gasteiger partial charge < -0.3 is 13.8 Å². The molecular formula is C19H21F3N2O6S. The van der Waals surface area contributed by atoms with Gasteiger partial charge in [-0.1, -0.05) is 24.3 Å². The van der Waals surface area contributed by atoms with Gasteiger partial charge in [0.15, 0.2) is 0 Å². The third-order valence-electron chi connectivity index (χ3n) is 4.54. The normalized spacial score (nSPS) is 19.2. The van der Waals surface area contributed by atoms with E-state index >= 15 is 0 Å². The van der Waals surface area contributed by atoms with Crippen molar-refractivity contribution in [1.82, 2.24) is 9.80 Å². The number of hydrogen-bond donors (Lipinski definition) is 0. The van der Waals surface area contributed by atoms with E-state index in [1.165, 1.54) is 4.90 Å². The van der Waals surface area contributed by atoms with Gasteiger partial charge in [-0.05, 0) is 38.0 Å². The second-order valence-electron chi connectivity index (χ2n) is 8.13. The second-order valence-corrected chi connectivity index (χ2v) is 9.67. The van der Waals surface area contributed by atoms with Gasteiger partial charge in [0.1, 0.15) is 17.4 Å². The molecule has 3 rings (SSSR count). The number of carbonyl (C=O) groups excluding carboxylic acids is 2. The Balaban J connectivity index is 1.86. The van der Waals surface area contributed by atoms with Crippen LogP contribution >= 0.6 is 0 Å². The summed E-state index contributed by atoms with van der Waals surface area (Å²) in [6, 6.07) is 5.92. The zero-order valence-electron chi connectivity index (χ0n) is 17.0. The van der Waals surface area contributed by atoms with Crippen LogP contribution in [0.4, 0.5) is 18.0 Å². The van der Waals surface area contributed by atoms with Gasteiger partial charge in [-0.15, -0.1) is 0 Å². The maximum atomic E-state index is 13.1. The Bertz CT molecular complexity index is 1000. The first-order valence-corrected chi connectivity index (χ1v) is 10.7. The fourth-order valence-corrected chi connectivity index (χ4v) is 3.69. The summed E-state index contributed by atoms with van der Waals surface area (Å²) in [5.74, 6) is -1.27. The molecule has 1 aromatic rings. The van der Waals surface area contributed by atoms with Crippen molar-refractivity contribution >= 4 is 22.1 Å². The van der Waals surface area contributed by atoms with Gasteiger partial charge in [0.25, 0.3) is 0 Å². The van der Waals surface area contributed by atoms with E-state index in [9.17, 15) is 31.2 Å². The van der Waals surface area contributed by atoms with Gasteiger partial charge >= 0.3 is 21.7 Å². The monoisotopic (exact) mass is 462 g/mol. The maximum absolute atomic E-state index is 13.1. The molecule has 0 radical (unpaired) electrons. The molecule has 2 amide bonds. The zero-order valence-corrected chi connectivity index (χ0v) is 17.8. The van der Waals surface area contributed by atoms with Crippen LogP contribution in [0.3, 0.4) is 0 Å². The highest BCUT2D eigenvalue weighted by molar-refractivity contribution is 7.87. The number of benzene rings is 1. The molecule has 0 spiro atoms. The van der Waals surface area contributed by atoms with Crippen molar-refractivity contribution in [2.75, 3.05) is 6.54 Å². The summed E-state index contributed by atoms with van der Waals surface area (Å²) < 4.78 is 70.2. The predicted molar refractivity (Wildman–Crippen MR) is 102 cm³/mol. The standard InChI is InChI=1S/C19H21F3N2O6S/c1-18(2,3)29-17(26)24-11-14(30-31(27,28)19(20,21)22)8-15(24)16(25)23-9-12-6-4-5-7-13(12)10-23/h4-8,15H,9-11H2,1-3H3/t15-/m1/s1. The van der Waals surface area contributed by atoms with Crippen molar-refractivity contribution < 1.29 is 40.1 Å². The maximum Gasteiger partial charge on any atom is 0.534 e. The number of nitrogens with zero attached hydrogens (tertiary/aromatic N) is 2. The minimum Gasteiger partial charge on any atom is -0.444 e. The molecule has 0 N–H and O–H groups in total. The molecule has 170 valence electrons. The summed E-state index contributed by atoms with van der Waals surface area (Å²) in [5.41, 5.74) is -4.80. The first-order chi connectivity index (χ1) is 14.2. The first kappa shape index (κ1) is 22.9. The third-order valence-corrected chi connectivity index (χ3v) is 5.54. The first-order valence-electron chi connectivity index (χ1n) is 9.24. The smallest absolute Gasteiger partial charge is 0.444 e. The van der Waals surface area contributed by atoms with Gasteiger partial charge in [-0.25, -0.2) is 4.79 Å². The fourth-order valence-electron chi connectivity index (χ4n) is 3.21. The number of ether oxygens (including phenoxy) is 1. The Morgan fingerprint density at radius 1 is 1.03 bits per heavy atom. The average Bonchev–Trinajstić information content (AvgIpc) is 3.22. The van der Waals surface area contributed by atoms with E-state index in [2.05, 4.69) is 4.18 Å². The molecule has 0 aliphatic carbocycles. The topological polar surface area (TPSA) is 93.2 Å². The van der Waals surface area contributed by atoms with E-state index in [-0.39, 0.29) is 13.1 Å². The summed E-state index contributed by atoms with van der Waals surface area (Å²) in [4.78, 5) is 28.0. The van der Waals surface area contributed by atoms with E-state index in [4.69, 9.17) is 4.74 Å². The molecule has 0 saturated carbocycles. The lowest BCUT2D eigenvalue weighted by Gasteiger charge is -2.29. The SMILES string of the molecule is CC(C)(C)OC(=O)N1CC(OS(=O)(=O)C(F)(F)F)=C[C@@H]1C(=O)N1Cc2ccccc2C1. The highest BCUT2D eigenvalue weighted by Gasteiger charge is 2.50. The van der Waals surface area contributed by atoms with Crippen molar-refractivity contribution in [3.8, 4) is 0 Å². The van der Waals surface area contributed by atoms with Gasteiger partial charge in [-0.3, -0.25) is 9.69 Å². The lowest BCUT2D eigenvalue weighted by Crippen LogP contribution is -2.48. The number of carbonyl (C=O) groups is 2. The summed E-state index contributed by atoms with van der Waals surface area (Å²) in [5, 5.41) is 0. The molecule has 1 aromatic carbocycles. The minimum atomic E-state index is -5.95. The van der Waals surface area contributed by atoms with Crippen LogP contribution in [-0.4, -0.2) is 53.9 Å². The van der Waals surface area contributed by atoms with E-state index in [1.807, 2.05) is 24.3 Å². The Morgan fingerprint density at radius 2 is 1.58 bits per heavy atom. The molecule has 0 aromatic heterocycles. The molecule has 0 saturated heterocycles. The van der Waals surface area contributed by atoms with Crippen molar-refractivity contribution in [3.05, 3.63) is 47.2 Å². The molecule has 0 unspecified atom stereocenters. The van der Waals surface area contributed by atoms with Crippen LogP contribution < -0.4 is 0 Å². The highest BCUT2D eigenvalue weighted by Crippen LogP contribution is 2.31. The highest BCUT2D eigenvalue weighted by atomic mass is 32.2. The van der Waals surface area contributed by atoms with Crippen LogP contribution in [0.15, 0.2) is 36.1 Å². The Kier molecular flexibility index (Phi) is 5.72. The van der Waals surface area contributed by atoms with Crippen LogP contribution in [0.2, 0.25) is 0 Å². The molecule has 0 bridgehead atoms. The number of alkyl halides is 3. The number of hydrogen-bond acceptors (Lipinski definition) is 6. The molecule has 0 fully saturated rings. The van der Waals surface area contributed by atoms with E-state index in [0.717, 1.165) is 22.1 Å². The summed E-state index contributed by atoms with van der Waals surface area (Å²) in [6.07, 6.45) is -0.0831. The molecule has 1 atom stereocenters. The Hall–Kier alpha value is -2.76. The van der Waals surface area contributed by atoms with Gasteiger partial charge in [0.05, 0.1) is 6.54 Å². The van der Waals surface area contributed by atoms with Crippen LogP contribution in [0.5, 0.6) is 0 Å². The largest absolute Gasteiger partial charge is 0.534 e. The lowest BCUT2D eigenvalue weighted by molar-refractivity contribution is -0.135. The van der Waals surface area contributed by atoms with Crippen LogP contribution in [0, 0.1) is 0 Å². The second kappa shape index (κ2) is 7.74. The molecule has 8 nitrogen and oxygen atoms in total. The number of amides is 2. The number of fused-ring (bicyclic) bond motifs is 1. The van der Waals surface area contributed by atoms with Crippen molar-refractivity contribution in [2.24, 2.45) is 0 Å². The number of rotatable bonds is 3. The van der Waals surface area contributed by atoms with Crippen LogP contribution in [-0.2, 0) is 36.9 Å². The van der Waals surface area contributed by atoms with Gasteiger partial charge in [0, 0.05) is 13.1 Å². The summed E-state index contributed by atoms with van der Waals surface area (Å²) >= 11 is 0. The molecular weight excluding hydrogens is 441 g/mol. The molecule has 2 aliphatic rings. The van der Waals surface area contributed by atoms with E-state index in [0.29, 0.717) is 0 Å². The van der Waals surface area contributed by atoms with Gasteiger partial charge in [0.2, 0.25) is 5.91 Å². The molecule has 31 heavy (non-hydrogen) atoms.